The first-order chi connectivity index (χ1) is 23.6. The quantitative estimate of drug-likeness (QED) is 0.210. The molecule has 0 radical (unpaired) electrons. The molecule has 6 rings (SSSR count). The van der Waals surface area contributed by atoms with Gasteiger partial charge in [0.15, 0.2) is 0 Å². The molecule has 4 fully saturated rings. The van der Waals surface area contributed by atoms with Gasteiger partial charge in [0.05, 0.1) is 41.2 Å². The van der Waals surface area contributed by atoms with E-state index in [-0.39, 0.29) is 25.2 Å². The van der Waals surface area contributed by atoms with E-state index >= 15 is 0 Å². The van der Waals surface area contributed by atoms with E-state index in [1.807, 2.05) is 35.2 Å². The molecule has 5 atom stereocenters. The number of hydrogen-bond donors (Lipinski definition) is 2. The molecule has 1 aromatic carbocycles. The van der Waals surface area contributed by atoms with Crippen LogP contribution in [0.4, 0.5) is 5.95 Å². The second kappa shape index (κ2) is 14.4. The minimum Gasteiger partial charge on any atom is -0.474 e. The number of benzene rings is 1. The predicted molar refractivity (Wildman–Crippen MR) is 184 cm³/mol. The number of carbonyl (C=O) groups is 3. The molecule has 3 aliphatic carbocycles. The van der Waals surface area contributed by atoms with Gasteiger partial charge in [0.2, 0.25) is 33.7 Å². The summed E-state index contributed by atoms with van der Waals surface area (Å²) < 4.78 is 39.5. The summed E-state index contributed by atoms with van der Waals surface area (Å²) in [6.45, 7) is 10.5. The summed E-state index contributed by atoms with van der Waals surface area (Å²) in [5.41, 5.74) is -0.730. The molecule has 2 N–H and O–H groups in total. The molecule has 2 aromatic rings. The van der Waals surface area contributed by atoms with Gasteiger partial charge in [-0.3, -0.25) is 19.1 Å². The standard InChI is InChI=1S/C35H46N6O7S/c1-4-6-7-10-15-40(3)32(43)28-21-24(48-31-26-11-8-9-12-29(26)36-34(37-31)41-16-18-47-19-17-41)20-27(28)30(42)38-35(22-23(35)5-2)33(44)39-49(45,46)25-13-14-25/h4-5,8-9,11-12,23-25,27-28H,1-2,6-7,10,13-22H2,3H3,(H,38,42)(H,39,44)/t23-,24-,27-,28-,35-/m1/s1. The Labute approximate surface area is 287 Å². The maximum absolute atomic E-state index is 14.1. The molecule has 1 aromatic heterocycles. The highest BCUT2D eigenvalue weighted by Crippen LogP contribution is 2.46. The summed E-state index contributed by atoms with van der Waals surface area (Å²) in [5.74, 6) is -2.53. The lowest BCUT2D eigenvalue weighted by Crippen LogP contribution is -2.54. The second-order valence-electron chi connectivity index (χ2n) is 13.6. The van der Waals surface area contributed by atoms with Crippen molar-refractivity contribution in [3.8, 4) is 5.88 Å². The third-order valence-electron chi connectivity index (χ3n) is 10.1. The maximum Gasteiger partial charge on any atom is 0.259 e. The number of unbranched alkanes of at least 4 members (excludes halogenated alkanes) is 2. The number of fused-ring (bicyclic) bond motifs is 1. The molecular formula is C35H46N6O7S. The van der Waals surface area contributed by atoms with Crippen LogP contribution in [0.1, 0.15) is 51.4 Å². The zero-order valence-corrected chi connectivity index (χ0v) is 28.8. The van der Waals surface area contributed by atoms with Crippen LogP contribution in [-0.2, 0) is 29.1 Å². The average Bonchev–Trinajstić information content (AvgIpc) is 4.03. The smallest absolute Gasteiger partial charge is 0.259 e. The molecule has 3 saturated carbocycles. The van der Waals surface area contributed by atoms with Crippen LogP contribution < -0.4 is 19.7 Å². The largest absolute Gasteiger partial charge is 0.474 e. The summed E-state index contributed by atoms with van der Waals surface area (Å²) in [4.78, 5) is 54.7. The van der Waals surface area contributed by atoms with E-state index in [9.17, 15) is 22.8 Å². The van der Waals surface area contributed by atoms with Crippen LogP contribution in [0.25, 0.3) is 10.9 Å². The van der Waals surface area contributed by atoms with Crippen molar-refractivity contribution in [2.75, 3.05) is 44.8 Å². The van der Waals surface area contributed by atoms with Crippen molar-refractivity contribution < 1.29 is 32.3 Å². The maximum atomic E-state index is 14.1. The minimum absolute atomic E-state index is 0.183. The number of hydrogen-bond acceptors (Lipinski definition) is 10. The van der Waals surface area contributed by atoms with Gasteiger partial charge in [-0.1, -0.05) is 24.3 Å². The van der Waals surface area contributed by atoms with Crippen molar-refractivity contribution in [3.05, 3.63) is 49.6 Å². The fourth-order valence-electron chi connectivity index (χ4n) is 6.90. The first-order valence-corrected chi connectivity index (χ1v) is 18.7. The zero-order chi connectivity index (χ0) is 34.8. The minimum atomic E-state index is -3.83. The number of ether oxygens (including phenoxy) is 2. The zero-order valence-electron chi connectivity index (χ0n) is 28.0. The Morgan fingerprint density at radius 1 is 1.10 bits per heavy atom. The monoisotopic (exact) mass is 694 g/mol. The molecule has 1 aliphatic heterocycles. The molecule has 1 saturated heterocycles. The average molecular weight is 695 g/mol. The van der Waals surface area contributed by atoms with E-state index in [0.29, 0.717) is 68.4 Å². The van der Waals surface area contributed by atoms with E-state index in [2.05, 4.69) is 23.2 Å². The Kier molecular flexibility index (Phi) is 10.3. The summed E-state index contributed by atoms with van der Waals surface area (Å²) in [7, 11) is -2.10. The van der Waals surface area contributed by atoms with E-state index in [1.54, 1.807) is 18.0 Å². The number of nitrogens with zero attached hydrogens (tertiary/aromatic N) is 4. The van der Waals surface area contributed by atoms with Gasteiger partial charge in [-0.25, -0.2) is 13.4 Å². The summed E-state index contributed by atoms with van der Waals surface area (Å²) in [6, 6.07) is 7.55. The number of anilines is 1. The van der Waals surface area contributed by atoms with Crippen LogP contribution in [-0.4, -0.2) is 97.8 Å². The summed E-state index contributed by atoms with van der Waals surface area (Å²) in [5, 5.41) is 3.00. The molecule has 49 heavy (non-hydrogen) atoms. The van der Waals surface area contributed by atoms with Crippen molar-refractivity contribution in [2.24, 2.45) is 17.8 Å². The van der Waals surface area contributed by atoms with Crippen molar-refractivity contribution in [3.63, 3.8) is 0 Å². The van der Waals surface area contributed by atoms with Gasteiger partial charge >= 0.3 is 0 Å². The SMILES string of the molecule is C=CCCCCN(C)C(=O)[C@@H]1C[C@H](Oc2nc(N3CCOCC3)nc3ccccc23)C[C@H]1C(=O)N[C@]1(C(=O)NS(=O)(=O)C2CC2)C[C@H]1C=C. The molecule has 3 amide bonds. The molecule has 2 heterocycles. The number of sulfonamides is 1. The third-order valence-corrected chi connectivity index (χ3v) is 11.9. The Morgan fingerprint density at radius 2 is 1.84 bits per heavy atom. The molecule has 0 unspecified atom stereocenters. The number of rotatable bonds is 15. The number of nitrogens with one attached hydrogen (secondary N) is 2. The lowest BCUT2D eigenvalue weighted by molar-refractivity contribution is -0.140. The Hall–Kier alpha value is -4.04. The highest BCUT2D eigenvalue weighted by Gasteiger charge is 2.62. The van der Waals surface area contributed by atoms with E-state index < -0.39 is 56.5 Å². The van der Waals surface area contributed by atoms with Crippen LogP contribution in [0, 0.1) is 17.8 Å². The normalized spacial score (nSPS) is 26.5. The fraction of sp³-hybridized carbons (Fsp3) is 0.571. The Balaban J connectivity index is 1.24. The van der Waals surface area contributed by atoms with Crippen molar-refractivity contribution >= 4 is 44.6 Å². The summed E-state index contributed by atoms with van der Waals surface area (Å²) >= 11 is 0. The van der Waals surface area contributed by atoms with Gasteiger partial charge in [-0.2, -0.15) is 4.98 Å². The van der Waals surface area contributed by atoms with Crippen molar-refractivity contribution in [1.29, 1.82) is 0 Å². The van der Waals surface area contributed by atoms with E-state index in [1.165, 1.54) is 0 Å². The number of carbonyl (C=O) groups excluding carboxylic acids is 3. The number of allylic oxidation sites excluding steroid dienone is 1. The van der Waals surface area contributed by atoms with Crippen molar-refractivity contribution in [1.82, 2.24) is 24.9 Å². The molecule has 0 spiro atoms. The second-order valence-corrected chi connectivity index (χ2v) is 15.6. The first-order valence-electron chi connectivity index (χ1n) is 17.2. The Morgan fingerprint density at radius 3 is 2.53 bits per heavy atom. The van der Waals surface area contributed by atoms with Crippen molar-refractivity contribution in [2.45, 2.75) is 68.3 Å². The topological polar surface area (TPSA) is 160 Å². The highest BCUT2D eigenvalue weighted by atomic mass is 32.2. The van der Waals surface area contributed by atoms with Crippen LogP contribution in [0.3, 0.4) is 0 Å². The first kappa shape index (κ1) is 34.8. The lowest BCUT2D eigenvalue weighted by Gasteiger charge is -2.27. The van der Waals surface area contributed by atoms with Crippen LogP contribution in [0.5, 0.6) is 5.88 Å². The van der Waals surface area contributed by atoms with Crippen LogP contribution in [0.15, 0.2) is 49.6 Å². The third kappa shape index (κ3) is 7.59. The molecule has 14 heteroatoms. The number of amides is 3. The van der Waals surface area contributed by atoms with Gasteiger partial charge in [0.25, 0.3) is 5.91 Å². The molecular weight excluding hydrogens is 648 g/mol. The van der Waals surface area contributed by atoms with Gasteiger partial charge in [0.1, 0.15) is 11.6 Å². The number of para-hydroxylation sites is 1. The Bertz CT molecular complexity index is 1710. The van der Waals surface area contributed by atoms with Gasteiger partial charge in [-0.15, -0.1) is 13.2 Å². The van der Waals surface area contributed by atoms with Crippen LogP contribution in [0.2, 0.25) is 0 Å². The molecule has 4 aliphatic rings. The number of morpholine rings is 1. The van der Waals surface area contributed by atoms with Gasteiger partial charge in [-0.05, 0) is 63.5 Å². The van der Waals surface area contributed by atoms with Crippen LogP contribution >= 0.6 is 0 Å². The van der Waals surface area contributed by atoms with Gasteiger partial charge < -0.3 is 24.6 Å². The van der Waals surface area contributed by atoms with E-state index in [4.69, 9.17) is 19.4 Å². The van der Waals surface area contributed by atoms with Gasteiger partial charge in [0, 0.05) is 32.6 Å². The highest BCUT2D eigenvalue weighted by molar-refractivity contribution is 7.91. The summed E-state index contributed by atoms with van der Waals surface area (Å²) in [6.07, 6.45) is 7.06. The van der Waals surface area contributed by atoms with E-state index in [0.717, 1.165) is 19.3 Å². The molecule has 0 bridgehead atoms. The predicted octanol–water partition coefficient (Wildman–Crippen LogP) is 2.72. The molecule has 13 nitrogen and oxygen atoms in total. The lowest BCUT2D eigenvalue weighted by atomic mass is 9.93. The molecule has 264 valence electrons. The fourth-order valence-corrected chi connectivity index (χ4v) is 8.26. The number of aromatic nitrogens is 2.